The van der Waals surface area contributed by atoms with Crippen molar-refractivity contribution in [2.24, 2.45) is 0 Å². The van der Waals surface area contributed by atoms with E-state index in [0.717, 1.165) is 5.56 Å². The van der Waals surface area contributed by atoms with Gasteiger partial charge in [-0.3, -0.25) is 0 Å². The molecule has 0 heterocycles. The van der Waals surface area contributed by atoms with Crippen molar-refractivity contribution in [2.75, 3.05) is 0 Å². The highest BCUT2D eigenvalue weighted by Gasteiger charge is 1.93. The zero-order chi connectivity index (χ0) is 11.1. The van der Waals surface area contributed by atoms with E-state index < -0.39 is 10.3 Å². The summed E-state index contributed by atoms with van der Waals surface area (Å²) in [4.78, 5) is 0. The third-order valence-electron chi connectivity index (χ3n) is 1.38. The van der Waals surface area contributed by atoms with Crippen LogP contribution in [-0.2, 0) is 0 Å². The van der Waals surface area contributed by atoms with Crippen molar-refractivity contribution in [3.8, 4) is 23.7 Å². The van der Waals surface area contributed by atoms with Gasteiger partial charge in [0.1, 0.15) is 0 Å². The van der Waals surface area contributed by atoms with Gasteiger partial charge in [-0.1, -0.05) is 47.3 Å². The van der Waals surface area contributed by atoms with Crippen LogP contribution in [0.5, 0.6) is 0 Å². The van der Waals surface area contributed by atoms with Gasteiger partial charge in [-0.15, -0.1) is 0 Å². The quantitative estimate of drug-likeness (QED) is 0.606. The first kappa shape index (κ1) is 11.7. The van der Waals surface area contributed by atoms with Crippen molar-refractivity contribution in [3.05, 3.63) is 46.2 Å². The molecule has 0 nitrogen and oxygen atoms in total. The normalized spacial score (nSPS) is 7.93. The molecule has 0 spiro atoms. The number of hydrogen-bond acceptors (Lipinski definition) is 0. The van der Waals surface area contributed by atoms with Crippen LogP contribution < -0.4 is 0 Å². The Kier molecular flexibility index (Phi) is 4.78. The van der Waals surface area contributed by atoms with Gasteiger partial charge in [0, 0.05) is 5.56 Å². The molecule has 15 heavy (non-hydrogen) atoms. The van der Waals surface area contributed by atoms with Crippen molar-refractivity contribution in [2.45, 2.75) is 0 Å². The lowest BCUT2D eigenvalue weighted by molar-refractivity contribution is 0.676. The summed E-state index contributed by atoms with van der Waals surface area (Å²) in [5.41, 5.74) is 0.813. The molecule has 0 aromatic heterocycles. The number of hydrogen-bond donors (Lipinski definition) is 0. The van der Waals surface area contributed by atoms with Gasteiger partial charge in [-0.25, -0.2) is 0 Å². The first-order valence-corrected chi connectivity index (χ1v) is 4.73. The highest BCUT2D eigenvalue weighted by Crippen LogP contribution is 2.13. The van der Waals surface area contributed by atoms with Crippen LogP contribution in [0.15, 0.2) is 40.7 Å². The third kappa shape index (κ3) is 4.56. The lowest BCUT2D eigenvalue weighted by Crippen LogP contribution is -1.70. The van der Waals surface area contributed by atoms with Gasteiger partial charge < -0.3 is 0 Å². The fraction of sp³-hybridized carbons (Fsp3) is 0. The number of halogens is 3. The number of rotatable bonds is 0. The molecule has 0 unspecified atom stereocenters. The largest absolute Gasteiger partial charge is 0.204 e. The molecule has 1 rings (SSSR count). The molecule has 0 saturated heterocycles. The standard InChI is InChI=1S/C12H5Cl2F/c13-12(14)11(15)9-5-4-8-10-6-2-1-3-7-10/h1-3,6-7H. The summed E-state index contributed by atoms with van der Waals surface area (Å²) >= 11 is 10.3. The van der Waals surface area contributed by atoms with Crippen molar-refractivity contribution < 1.29 is 4.39 Å². The molecule has 0 aliphatic heterocycles. The Morgan fingerprint density at radius 3 is 2.33 bits per heavy atom. The highest BCUT2D eigenvalue weighted by atomic mass is 35.5. The zero-order valence-electron chi connectivity index (χ0n) is 7.52. The van der Waals surface area contributed by atoms with Crippen molar-refractivity contribution >= 4 is 23.2 Å². The van der Waals surface area contributed by atoms with Crippen molar-refractivity contribution in [3.63, 3.8) is 0 Å². The zero-order valence-corrected chi connectivity index (χ0v) is 9.03. The molecule has 0 saturated carbocycles. The van der Waals surface area contributed by atoms with E-state index >= 15 is 0 Å². The maximum absolute atomic E-state index is 12.6. The predicted molar refractivity (Wildman–Crippen MR) is 60.9 cm³/mol. The maximum Gasteiger partial charge on any atom is 0.204 e. The minimum absolute atomic E-state index is 0.482. The minimum atomic E-state index is -0.874. The van der Waals surface area contributed by atoms with Crippen LogP contribution in [0.25, 0.3) is 0 Å². The summed E-state index contributed by atoms with van der Waals surface area (Å²) in [6.45, 7) is 0. The van der Waals surface area contributed by atoms with Crippen LogP contribution in [-0.4, -0.2) is 0 Å². The van der Waals surface area contributed by atoms with Gasteiger partial charge in [-0.05, 0) is 29.9 Å². The van der Waals surface area contributed by atoms with E-state index in [1.165, 1.54) is 0 Å². The summed E-state index contributed by atoms with van der Waals surface area (Å²) in [5.74, 6) is 8.73. The average molecular weight is 239 g/mol. The molecule has 0 aliphatic rings. The first-order chi connectivity index (χ1) is 7.20. The van der Waals surface area contributed by atoms with Crippen LogP contribution in [0, 0.1) is 23.7 Å². The molecular formula is C12H5Cl2F. The summed E-state index contributed by atoms with van der Waals surface area (Å²) in [6, 6.07) is 9.25. The van der Waals surface area contributed by atoms with Crippen LogP contribution in [0.2, 0.25) is 0 Å². The second kappa shape index (κ2) is 6.14. The molecule has 74 valence electrons. The number of benzene rings is 1. The Hall–Kier alpha value is -1.41. The van der Waals surface area contributed by atoms with Gasteiger partial charge >= 0.3 is 0 Å². The molecule has 0 aliphatic carbocycles. The number of allylic oxidation sites excluding steroid dienone is 1. The summed E-state index contributed by atoms with van der Waals surface area (Å²) in [6.07, 6.45) is 0. The monoisotopic (exact) mass is 238 g/mol. The van der Waals surface area contributed by atoms with Crippen LogP contribution >= 0.6 is 23.2 Å². The van der Waals surface area contributed by atoms with E-state index in [1.54, 1.807) is 0 Å². The smallest absolute Gasteiger partial charge is 0.194 e. The second-order valence-corrected chi connectivity index (χ2v) is 3.39. The van der Waals surface area contributed by atoms with Crippen molar-refractivity contribution in [1.82, 2.24) is 0 Å². The molecule has 0 N–H and O–H groups in total. The molecule has 0 radical (unpaired) electrons. The van der Waals surface area contributed by atoms with Crippen LogP contribution in [0.1, 0.15) is 5.56 Å². The maximum atomic E-state index is 12.6. The van der Waals surface area contributed by atoms with Gasteiger partial charge in [0.15, 0.2) is 4.49 Å². The Labute approximate surface area is 97.7 Å². The van der Waals surface area contributed by atoms with E-state index in [9.17, 15) is 4.39 Å². The first-order valence-electron chi connectivity index (χ1n) is 3.98. The highest BCUT2D eigenvalue weighted by molar-refractivity contribution is 6.56. The Morgan fingerprint density at radius 1 is 1.07 bits per heavy atom. The van der Waals surface area contributed by atoms with Gasteiger partial charge in [0.05, 0.1) is 0 Å². The van der Waals surface area contributed by atoms with Gasteiger partial charge in [0.25, 0.3) is 0 Å². The van der Waals surface area contributed by atoms with E-state index in [2.05, 4.69) is 23.7 Å². The topological polar surface area (TPSA) is 0 Å². The van der Waals surface area contributed by atoms with E-state index in [4.69, 9.17) is 23.2 Å². The predicted octanol–water partition coefficient (Wildman–Crippen LogP) is 3.66. The molecule has 0 amide bonds. The third-order valence-corrected chi connectivity index (χ3v) is 1.71. The second-order valence-electron chi connectivity index (χ2n) is 2.44. The molecule has 0 bridgehead atoms. The lowest BCUT2D eigenvalue weighted by Gasteiger charge is -1.83. The Balaban J connectivity index is 2.74. The molecular weight excluding hydrogens is 234 g/mol. The Morgan fingerprint density at radius 2 is 1.73 bits per heavy atom. The van der Waals surface area contributed by atoms with Gasteiger partial charge in [0.2, 0.25) is 5.83 Å². The SMILES string of the molecule is FC(C#CC#Cc1ccccc1)=C(Cl)Cl. The summed E-state index contributed by atoms with van der Waals surface area (Å²) < 4.78 is 12.1. The molecule has 1 aromatic carbocycles. The fourth-order valence-corrected chi connectivity index (χ4v) is 0.853. The van der Waals surface area contributed by atoms with Crippen molar-refractivity contribution in [1.29, 1.82) is 0 Å². The summed E-state index contributed by atoms with van der Waals surface area (Å²) in [7, 11) is 0. The summed E-state index contributed by atoms with van der Waals surface area (Å²) in [5, 5.41) is 0. The lowest BCUT2D eigenvalue weighted by atomic mass is 10.2. The fourth-order valence-electron chi connectivity index (χ4n) is 0.758. The van der Waals surface area contributed by atoms with E-state index in [-0.39, 0.29) is 0 Å². The Bertz CT molecular complexity index is 477. The minimum Gasteiger partial charge on any atom is -0.194 e. The molecule has 0 fully saturated rings. The van der Waals surface area contributed by atoms with Crippen LogP contribution in [0.3, 0.4) is 0 Å². The van der Waals surface area contributed by atoms with Gasteiger partial charge in [-0.2, -0.15) is 4.39 Å². The molecule has 1 aromatic rings. The molecule has 3 heteroatoms. The average Bonchev–Trinajstić information content (AvgIpc) is 2.25. The molecule has 0 atom stereocenters. The van der Waals surface area contributed by atoms with E-state index in [1.807, 2.05) is 30.3 Å². The van der Waals surface area contributed by atoms with E-state index in [0.29, 0.717) is 0 Å². The van der Waals surface area contributed by atoms with Crippen LogP contribution in [0.4, 0.5) is 4.39 Å².